The molecule has 0 saturated carbocycles. The van der Waals surface area contributed by atoms with Gasteiger partial charge in [0.1, 0.15) is 5.82 Å². The molecule has 0 spiro atoms. The van der Waals surface area contributed by atoms with Crippen molar-refractivity contribution in [3.8, 4) is 0 Å². The number of rotatable bonds is 6. The van der Waals surface area contributed by atoms with E-state index in [1.807, 2.05) is 17.5 Å². The zero-order valence-corrected chi connectivity index (χ0v) is 16.0. The van der Waals surface area contributed by atoms with Crippen molar-refractivity contribution >= 4 is 16.5 Å². The average molecular weight is 360 g/mol. The predicted molar refractivity (Wildman–Crippen MR) is 103 cm³/mol. The molecule has 1 atom stereocenters. The van der Waals surface area contributed by atoms with E-state index in [-0.39, 0.29) is 0 Å². The number of nitrogens with zero attached hydrogens (tertiary/aromatic N) is 5. The second-order valence-corrected chi connectivity index (χ2v) is 8.47. The van der Waals surface area contributed by atoms with Crippen LogP contribution in [0.1, 0.15) is 49.2 Å². The van der Waals surface area contributed by atoms with E-state index in [0.29, 0.717) is 6.04 Å². The largest absolute Gasteiger partial charge is 0.348 e. The van der Waals surface area contributed by atoms with Gasteiger partial charge in [0.2, 0.25) is 0 Å². The zero-order valence-electron chi connectivity index (χ0n) is 15.2. The van der Waals surface area contributed by atoms with Crippen LogP contribution in [0.4, 0.5) is 5.13 Å². The molecule has 2 aliphatic rings. The fourth-order valence-corrected chi connectivity index (χ4v) is 5.14. The van der Waals surface area contributed by atoms with E-state index in [9.17, 15) is 0 Å². The second kappa shape index (κ2) is 7.87. The fourth-order valence-electron chi connectivity index (χ4n) is 4.15. The van der Waals surface area contributed by atoms with Crippen LogP contribution in [-0.4, -0.2) is 45.1 Å². The van der Waals surface area contributed by atoms with E-state index in [1.54, 1.807) is 0 Å². The van der Waals surface area contributed by atoms with Crippen LogP contribution < -0.4 is 4.90 Å². The maximum absolute atomic E-state index is 4.69. The number of likely N-dealkylation sites (tertiary alicyclic amines) is 1. The maximum atomic E-state index is 4.69. The number of aromatic nitrogens is 3. The highest BCUT2D eigenvalue weighted by Gasteiger charge is 2.24. The van der Waals surface area contributed by atoms with E-state index in [4.69, 9.17) is 4.98 Å². The van der Waals surface area contributed by atoms with Crippen LogP contribution >= 0.6 is 11.3 Å². The summed E-state index contributed by atoms with van der Waals surface area (Å²) < 4.78 is 2.28. The Morgan fingerprint density at radius 2 is 1.96 bits per heavy atom. The minimum absolute atomic E-state index is 0.688. The summed E-state index contributed by atoms with van der Waals surface area (Å²) in [5.74, 6) is 1.13. The Labute approximate surface area is 154 Å². The molecule has 0 amide bonds. The van der Waals surface area contributed by atoms with Gasteiger partial charge in [-0.3, -0.25) is 4.90 Å². The first-order valence-electron chi connectivity index (χ1n) is 9.71. The molecular formula is C19H29N5S. The van der Waals surface area contributed by atoms with Crippen molar-refractivity contribution in [3.63, 3.8) is 0 Å². The summed E-state index contributed by atoms with van der Waals surface area (Å²) in [6.45, 7) is 7.83. The standard InChI is InChI=1S/C19H29N5S/c1-16-20-8-13-22(16)12-7-17-6-2-3-11-24(17)15-18-14-21-19(25-18)23-9-4-5-10-23/h8,13-14,17H,2-7,9-12,15H2,1H3/t17-/m1/s1. The topological polar surface area (TPSA) is 37.2 Å². The first-order chi connectivity index (χ1) is 12.3. The molecule has 2 aliphatic heterocycles. The van der Waals surface area contributed by atoms with E-state index >= 15 is 0 Å². The SMILES string of the molecule is Cc1nccn1CC[C@H]1CCCCN1Cc1cnc(N2CCCC2)s1. The van der Waals surface area contributed by atoms with Crippen molar-refractivity contribution in [3.05, 3.63) is 29.3 Å². The minimum Gasteiger partial charge on any atom is -0.348 e. The lowest BCUT2D eigenvalue weighted by molar-refractivity contribution is 0.129. The Morgan fingerprint density at radius 3 is 2.76 bits per heavy atom. The summed E-state index contributed by atoms with van der Waals surface area (Å²) >= 11 is 1.90. The van der Waals surface area contributed by atoms with Gasteiger partial charge in [-0.05, 0) is 45.6 Å². The molecule has 5 nitrogen and oxygen atoms in total. The van der Waals surface area contributed by atoms with Crippen molar-refractivity contribution in [2.45, 2.75) is 64.6 Å². The molecule has 0 aliphatic carbocycles. The minimum atomic E-state index is 0.688. The van der Waals surface area contributed by atoms with Crippen molar-refractivity contribution in [2.24, 2.45) is 0 Å². The van der Waals surface area contributed by atoms with Crippen LogP contribution in [0.5, 0.6) is 0 Å². The van der Waals surface area contributed by atoms with Crippen molar-refractivity contribution in [1.82, 2.24) is 19.4 Å². The smallest absolute Gasteiger partial charge is 0.185 e. The Bertz CT molecular complexity index is 673. The van der Waals surface area contributed by atoms with E-state index in [1.165, 1.54) is 68.2 Å². The monoisotopic (exact) mass is 359 g/mol. The van der Waals surface area contributed by atoms with Gasteiger partial charge in [0, 0.05) is 55.7 Å². The number of hydrogen-bond donors (Lipinski definition) is 0. The molecule has 136 valence electrons. The third-order valence-corrected chi connectivity index (χ3v) is 6.70. The van der Waals surface area contributed by atoms with Gasteiger partial charge >= 0.3 is 0 Å². The molecule has 0 aromatic carbocycles. The highest BCUT2D eigenvalue weighted by molar-refractivity contribution is 7.15. The molecule has 2 aromatic rings. The van der Waals surface area contributed by atoms with Crippen LogP contribution in [0.3, 0.4) is 0 Å². The molecular weight excluding hydrogens is 330 g/mol. The molecule has 4 rings (SSSR count). The highest BCUT2D eigenvalue weighted by atomic mass is 32.1. The van der Waals surface area contributed by atoms with Crippen LogP contribution in [0.15, 0.2) is 18.6 Å². The lowest BCUT2D eigenvalue weighted by Crippen LogP contribution is -2.39. The quantitative estimate of drug-likeness (QED) is 0.788. The highest BCUT2D eigenvalue weighted by Crippen LogP contribution is 2.29. The van der Waals surface area contributed by atoms with Crippen molar-refractivity contribution in [2.75, 3.05) is 24.5 Å². The van der Waals surface area contributed by atoms with Crippen molar-refractivity contribution in [1.29, 1.82) is 0 Å². The fraction of sp³-hybridized carbons (Fsp3) is 0.684. The van der Waals surface area contributed by atoms with Gasteiger partial charge in [0.25, 0.3) is 0 Å². The number of hydrogen-bond acceptors (Lipinski definition) is 5. The second-order valence-electron chi connectivity index (χ2n) is 7.38. The Kier molecular flexibility index (Phi) is 5.36. The van der Waals surface area contributed by atoms with Gasteiger partial charge < -0.3 is 9.47 Å². The molecule has 2 aromatic heterocycles. The van der Waals surface area contributed by atoms with Gasteiger partial charge in [-0.25, -0.2) is 9.97 Å². The molecule has 2 saturated heterocycles. The Hall–Kier alpha value is -1.40. The first kappa shape index (κ1) is 17.0. The molecule has 25 heavy (non-hydrogen) atoms. The van der Waals surface area contributed by atoms with Gasteiger partial charge in [0.05, 0.1) is 0 Å². The molecule has 4 heterocycles. The molecule has 0 N–H and O–H groups in total. The van der Waals surface area contributed by atoms with Crippen LogP contribution in [0, 0.1) is 6.92 Å². The maximum Gasteiger partial charge on any atom is 0.185 e. The van der Waals surface area contributed by atoms with E-state index < -0.39 is 0 Å². The van der Waals surface area contributed by atoms with Crippen molar-refractivity contribution < 1.29 is 0 Å². The van der Waals surface area contributed by atoms with E-state index in [2.05, 4.69) is 38.7 Å². The summed E-state index contributed by atoms with van der Waals surface area (Å²) in [6, 6.07) is 0.688. The summed E-state index contributed by atoms with van der Waals surface area (Å²) in [6.07, 6.45) is 14.0. The van der Waals surface area contributed by atoms with Crippen LogP contribution in [-0.2, 0) is 13.1 Å². The summed E-state index contributed by atoms with van der Waals surface area (Å²) in [4.78, 5) is 15.6. The molecule has 2 fully saturated rings. The lowest BCUT2D eigenvalue weighted by Gasteiger charge is -2.35. The number of anilines is 1. The third-order valence-electron chi connectivity index (χ3n) is 5.65. The first-order valence-corrected chi connectivity index (χ1v) is 10.5. The zero-order chi connectivity index (χ0) is 17.1. The average Bonchev–Trinajstić information content (AvgIpc) is 3.36. The molecule has 6 heteroatoms. The number of aryl methyl sites for hydroxylation is 2. The number of imidazole rings is 1. The van der Waals surface area contributed by atoms with Crippen LogP contribution in [0.2, 0.25) is 0 Å². The number of piperidine rings is 1. The Morgan fingerprint density at radius 1 is 1.12 bits per heavy atom. The van der Waals surface area contributed by atoms with Gasteiger partial charge in [-0.15, -0.1) is 11.3 Å². The summed E-state index contributed by atoms with van der Waals surface area (Å²) in [5.41, 5.74) is 0. The lowest BCUT2D eigenvalue weighted by atomic mass is 9.99. The van der Waals surface area contributed by atoms with E-state index in [0.717, 1.165) is 18.9 Å². The predicted octanol–water partition coefficient (Wildman–Crippen LogP) is 3.69. The molecule has 0 unspecified atom stereocenters. The molecule has 0 radical (unpaired) electrons. The number of thiazole rings is 1. The summed E-state index contributed by atoms with van der Waals surface area (Å²) in [5, 5.41) is 1.23. The van der Waals surface area contributed by atoms with Gasteiger partial charge in [0.15, 0.2) is 5.13 Å². The third kappa shape index (κ3) is 4.06. The van der Waals surface area contributed by atoms with Crippen LogP contribution in [0.25, 0.3) is 0 Å². The normalized spacial score (nSPS) is 22.0. The Balaban J connectivity index is 1.36. The van der Waals surface area contributed by atoms with Gasteiger partial charge in [-0.2, -0.15) is 0 Å². The molecule has 0 bridgehead atoms. The summed E-state index contributed by atoms with van der Waals surface area (Å²) in [7, 11) is 0. The van der Waals surface area contributed by atoms with Gasteiger partial charge in [-0.1, -0.05) is 6.42 Å².